The Bertz CT molecular complexity index is 747. The van der Waals surface area contributed by atoms with Crippen molar-refractivity contribution in [2.45, 2.75) is 39.2 Å². The Morgan fingerprint density at radius 3 is 2.52 bits per heavy atom. The molecule has 1 fully saturated rings. The van der Waals surface area contributed by atoms with Gasteiger partial charge in [0.25, 0.3) is 0 Å². The summed E-state index contributed by atoms with van der Waals surface area (Å²) in [6.45, 7) is 6.68. The molecular formula is C21H27BrN4O. The highest BCUT2D eigenvalue weighted by atomic mass is 79.9. The summed E-state index contributed by atoms with van der Waals surface area (Å²) in [7, 11) is 0. The Morgan fingerprint density at radius 1 is 1.22 bits per heavy atom. The Kier molecular flexibility index (Phi) is 6.83. The molecule has 27 heavy (non-hydrogen) atoms. The Morgan fingerprint density at radius 2 is 1.89 bits per heavy atom. The molecule has 1 unspecified atom stereocenters. The van der Waals surface area contributed by atoms with E-state index in [-0.39, 0.29) is 17.9 Å². The zero-order valence-corrected chi connectivity index (χ0v) is 17.6. The molecule has 3 rings (SSSR count). The number of piperidine rings is 1. The van der Waals surface area contributed by atoms with E-state index in [1.807, 2.05) is 24.3 Å². The first-order valence-electron chi connectivity index (χ1n) is 9.68. The second-order valence-electron chi connectivity index (χ2n) is 7.04. The van der Waals surface area contributed by atoms with Crippen LogP contribution >= 0.6 is 15.9 Å². The minimum Gasteiger partial charge on any atom is -0.341 e. The monoisotopic (exact) mass is 430 g/mol. The fraction of sp³-hybridized carbons (Fsp3) is 0.476. The average molecular weight is 431 g/mol. The second-order valence-corrected chi connectivity index (χ2v) is 7.89. The van der Waals surface area contributed by atoms with Gasteiger partial charge in [-0.05, 0) is 43.9 Å². The summed E-state index contributed by atoms with van der Waals surface area (Å²) in [5, 5.41) is 0. The molecular weight excluding hydrogens is 404 g/mol. The third kappa shape index (κ3) is 4.67. The topological polar surface area (TPSA) is 49.3 Å². The first kappa shape index (κ1) is 19.8. The van der Waals surface area contributed by atoms with Gasteiger partial charge in [-0.3, -0.25) is 4.79 Å². The maximum absolute atomic E-state index is 13.3. The minimum absolute atomic E-state index is 0.0588. The van der Waals surface area contributed by atoms with Crippen LogP contribution in [-0.2, 0) is 4.79 Å². The summed E-state index contributed by atoms with van der Waals surface area (Å²) in [5.74, 6) is 1.10. The average Bonchev–Trinajstić information content (AvgIpc) is 2.72. The van der Waals surface area contributed by atoms with E-state index in [0.717, 1.165) is 54.9 Å². The van der Waals surface area contributed by atoms with Crippen LogP contribution in [0.15, 0.2) is 47.2 Å². The van der Waals surface area contributed by atoms with Gasteiger partial charge in [-0.15, -0.1) is 0 Å². The summed E-state index contributed by atoms with van der Waals surface area (Å²) in [6, 6.07) is 10.1. The van der Waals surface area contributed by atoms with Crippen LogP contribution in [0.3, 0.4) is 0 Å². The van der Waals surface area contributed by atoms with Crippen molar-refractivity contribution in [3.63, 3.8) is 0 Å². The number of anilines is 1. The highest BCUT2D eigenvalue weighted by molar-refractivity contribution is 9.10. The smallest absolute Gasteiger partial charge is 0.226 e. The highest BCUT2D eigenvalue weighted by Crippen LogP contribution is 2.31. The molecule has 0 radical (unpaired) electrons. The molecule has 0 spiro atoms. The summed E-state index contributed by atoms with van der Waals surface area (Å²) < 4.78 is 1.06. The number of carbonyl (C=O) groups is 1. The number of amides is 1. The van der Waals surface area contributed by atoms with Crippen molar-refractivity contribution < 1.29 is 4.79 Å². The number of hydrogen-bond donors (Lipinski definition) is 0. The third-order valence-corrected chi connectivity index (χ3v) is 5.97. The van der Waals surface area contributed by atoms with Gasteiger partial charge in [0.05, 0.1) is 6.04 Å². The summed E-state index contributed by atoms with van der Waals surface area (Å²) >= 11 is 3.64. The molecule has 1 atom stereocenters. The van der Waals surface area contributed by atoms with Gasteiger partial charge in [0, 0.05) is 42.4 Å². The van der Waals surface area contributed by atoms with Gasteiger partial charge >= 0.3 is 0 Å². The fourth-order valence-corrected chi connectivity index (χ4v) is 4.35. The SMILES string of the molecule is CCCN(C(=O)C1CCN(c2ncccn2)CC1)C(C)c1ccccc1Br. The number of carbonyl (C=O) groups excluding carboxylic acids is 1. The molecule has 0 N–H and O–H groups in total. The van der Waals surface area contributed by atoms with Crippen molar-refractivity contribution >= 4 is 27.8 Å². The molecule has 1 aliphatic heterocycles. The summed E-state index contributed by atoms with van der Waals surface area (Å²) in [4.78, 5) is 26.2. The molecule has 1 aromatic carbocycles. The van der Waals surface area contributed by atoms with E-state index in [9.17, 15) is 4.79 Å². The second kappa shape index (κ2) is 9.31. The molecule has 5 nitrogen and oxygen atoms in total. The molecule has 1 saturated heterocycles. The van der Waals surface area contributed by atoms with Crippen LogP contribution in [0.5, 0.6) is 0 Å². The largest absolute Gasteiger partial charge is 0.341 e. The predicted octanol–water partition coefficient (Wildman–Crippen LogP) is 4.46. The molecule has 6 heteroatoms. The normalized spacial score (nSPS) is 16.2. The lowest BCUT2D eigenvalue weighted by atomic mass is 9.94. The molecule has 2 aromatic rings. The van der Waals surface area contributed by atoms with Gasteiger partial charge in [0.15, 0.2) is 0 Å². The molecule has 0 aliphatic carbocycles. The maximum atomic E-state index is 13.3. The highest BCUT2D eigenvalue weighted by Gasteiger charge is 2.31. The van der Waals surface area contributed by atoms with E-state index in [4.69, 9.17) is 0 Å². The van der Waals surface area contributed by atoms with Crippen molar-refractivity contribution in [2.24, 2.45) is 5.92 Å². The molecule has 0 bridgehead atoms. The molecule has 144 valence electrons. The van der Waals surface area contributed by atoms with Crippen LogP contribution in [0.4, 0.5) is 5.95 Å². The first-order valence-corrected chi connectivity index (χ1v) is 10.5. The van der Waals surface area contributed by atoms with Crippen molar-refractivity contribution in [1.82, 2.24) is 14.9 Å². The quantitative estimate of drug-likeness (QED) is 0.678. The Labute approximate surface area is 169 Å². The van der Waals surface area contributed by atoms with E-state index in [1.165, 1.54) is 0 Å². The van der Waals surface area contributed by atoms with Crippen LogP contribution in [0.2, 0.25) is 0 Å². The number of aromatic nitrogens is 2. The van der Waals surface area contributed by atoms with Gasteiger partial charge in [0.2, 0.25) is 11.9 Å². The van der Waals surface area contributed by atoms with Crippen LogP contribution in [0, 0.1) is 5.92 Å². The van der Waals surface area contributed by atoms with Gasteiger partial charge in [-0.25, -0.2) is 9.97 Å². The number of nitrogens with zero attached hydrogens (tertiary/aromatic N) is 4. The van der Waals surface area contributed by atoms with Crippen molar-refractivity contribution in [3.8, 4) is 0 Å². The molecule has 1 amide bonds. The number of rotatable bonds is 6. The summed E-state index contributed by atoms with van der Waals surface area (Å²) in [5.41, 5.74) is 1.16. The molecule has 1 aliphatic rings. The van der Waals surface area contributed by atoms with Crippen molar-refractivity contribution in [1.29, 1.82) is 0 Å². The minimum atomic E-state index is 0.0588. The van der Waals surface area contributed by atoms with E-state index < -0.39 is 0 Å². The number of benzene rings is 1. The van der Waals surface area contributed by atoms with Gasteiger partial charge in [0.1, 0.15) is 0 Å². The lowest BCUT2D eigenvalue weighted by Crippen LogP contribution is -2.44. The predicted molar refractivity (Wildman–Crippen MR) is 112 cm³/mol. The summed E-state index contributed by atoms with van der Waals surface area (Å²) in [6.07, 6.45) is 6.18. The molecule has 1 aromatic heterocycles. The Hall–Kier alpha value is -1.95. The fourth-order valence-electron chi connectivity index (χ4n) is 3.73. The van der Waals surface area contributed by atoms with E-state index in [2.05, 4.69) is 55.6 Å². The number of halogens is 1. The van der Waals surface area contributed by atoms with Gasteiger partial charge in [-0.2, -0.15) is 0 Å². The van der Waals surface area contributed by atoms with Crippen molar-refractivity contribution in [3.05, 3.63) is 52.8 Å². The van der Waals surface area contributed by atoms with E-state index in [1.54, 1.807) is 12.4 Å². The third-order valence-electron chi connectivity index (χ3n) is 5.25. The first-order chi connectivity index (χ1) is 13.1. The van der Waals surface area contributed by atoms with Crippen molar-refractivity contribution in [2.75, 3.05) is 24.5 Å². The van der Waals surface area contributed by atoms with Crippen LogP contribution < -0.4 is 4.90 Å². The lowest BCUT2D eigenvalue weighted by molar-refractivity contribution is -0.138. The zero-order valence-electron chi connectivity index (χ0n) is 16.0. The van der Waals surface area contributed by atoms with Gasteiger partial charge < -0.3 is 9.80 Å². The Balaban J connectivity index is 1.68. The van der Waals surface area contributed by atoms with E-state index >= 15 is 0 Å². The van der Waals surface area contributed by atoms with E-state index in [0.29, 0.717) is 0 Å². The van der Waals surface area contributed by atoms with Gasteiger partial charge in [-0.1, -0.05) is 41.1 Å². The zero-order chi connectivity index (χ0) is 19.2. The van der Waals surface area contributed by atoms with Crippen LogP contribution in [-0.4, -0.2) is 40.4 Å². The van der Waals surface area contributed by atoms with Crippen LogP contribution in [0.1, 0.15) is 44.7 Å². The maximum Gasteiger partial charge on any atom is 0.226 e. The lowest BCUT2D eigenvalue weighted by Gasteiger charge is -2.37. The molecule has 2 heterocycles. The molecule has 0 saturated carbocycles. The van der Waals surface area contributed by atoms with Crippen LogP contribution in [0.25, 0.3) is 0 Å². The number of hydrogen-bond acceptors (Lipinski definition) is 4. The standard InChI is InChI=1S/C21H27BrN4O/c1-3-13-26(16(2)18-7-4-5-8-19(18)22)20(27)17-9-14-25(15-10-17)21-23-11-6-12-24-21/h4-8,11-12,16-17H,3,9-10,13-15H2,1-2H3.